The molecule has 1 N–H and O–H groups in total. The van der Waals surface area contributed by atoms with Gasteiger partial charge in [0.15, 0.2) is 12.1 Å². The first-order valence-corrected chi connectivity index (χ1v) is 10.7. The van der Waals surface area contributed by atoms with Crippen LogP contribution < -0.4 is 5.32 Å². The molecule has 0 saturated carbocycles. The van der Waals surface area contributed by atoms with Crippen molar-refractivity contribution in [2.75, 3.05) is 0 Å². The summed E-state index contributed by atoms with van der Waals surface area (Å²) in [6.45, 7) is 6.29. The largest absolute Gasteiger partial charge is 0.477 e. The van der Waals surface area contributed by atoms with Crippen LogP contribution in [0.25, 0.3) is 5.00 Å². The van der Waals surface area contributed by atoms with Gasteiger partial charge in [0.25, 0.3) is 0 Å². The van der Waals surface area contributed by atoms with Gasteiger partial charge < -0.3 is 10.1 Å². The molecule has 0 bridgehead atoms. The Labute approximate surface area is 177 Å². The second kappa shape index (κ2) is 7.00. The van der Waals surface area contributed by atoms with Crippen molar-refractivity contribution >= 4 is 28.6 Å². The number of hydrogen-bond donors (Lipinski definition) is 1. The van der Waals surface area contributed by atoms with Crippen LogP contribution in [0.2, 0.25) is 5.02 Å². The molecule has 148 valence electrons. The molecule has 0 radical (unpaired) electrons. The van der Waals surface area contributed by atoms with E-state index in [0.29, 0.717) is 11.4 Å². The van der Waals surface area contributed by atoms with E-state index in [-0.39, 0.29) is 12.3 Å². The lowest BCUT2D eigenvalue weighted by Gasteiger charge is -2.17. The Bertz CT molecular complexity index is 1140. The zero-order valence-corrected chi connectivity index (χ0v) is 17.9. The van der Waals surface area contributed by atoms with Crippen LogP contribution in [0.5, 0.6) is 0 Å². The van der Waals surface area contributed by atoms with Crippen LogP contribution in [0.15, 0.2) is 41.7 Å². The molecular weight excluding hydrogens is 406 g/mol. The zero-order chi connectivity index (χ0) is 20.1. The van der Waals surface area contributed by atoms with Gasteiger partial charge in [0.2, 0.25) is 0 Å². The number of hydrogen-bond acceptors (Lipinski definition) is 6. The summed E-state index contributed by atoms with van der Waals surface area (Å²) >= 11 is 7.90. The molecule has 2 aromatic heterocycles. The summed E-state index contributed by atoms with van der Waals surface area (Å²) in [7, 11) is 0. The molecule has 3 aromatic rings. The van der Waals surface area contributed by atoms with E-state index in [1.54, 1.807) is 17.6 Å². The van der Waals surface area contributed by atoms with Crippen molar-refractivity contribution in [1.29, 1.82) is 0 Å². The Kier molecular flexibility index (Phi) is 4.44. The first kappa shape index (κ1) is 18.4. The lowest BCUT2D eigenvalue weighted by molar-refractivity contribution is 0.134. The molecule has 1 unspecified atom stereocenters. The predicted molar refractivity (Wildman–Crippen MR) is 115 cm³/mol. The fourth-order valence-electron chi connectivity index (χ4n) is 3.80. The summed E-state index contributed by atoms with van der Waals surface area (Å²) in [5.74, 6) is 1.70. The number of aryl methyl sites for hydroxylation is 2. The number of aromatic nitrogens is 3. The van der Waals surface area contributed by atoms with Crippen molar-refractivity contribution in [1.82, 2.24) is 20.1 Å². The van der Waals surface area contributed by atoms with Gasteiger partial charge in [0, 0.05) is 33.6 Å². The van der Waals surface area contributed by atoms with E-state index >= 15 is 0 Å². The fourth-order valence-corrected chi connectivity index (χ4v) is 5.14. The summed E-state index contributed by atoms with van der Waals surface area (Å²) in [5.41, 5.74) is 4.37. The normalized spacial score (nSPS) is 19.8. The van der Waals surface area contributed by atoms with Gasteiger partial charge in [-0.15, -0.1) is 21.5 Å². The summed E-state index contributed by atoms with van der Waals surface area (Å²) < 4.78 is 7.80. The first-order valence-electron chi connectivity index (χ1n) is 9.46. The Hall–Kier alpha value is -2.64. The third kappa shape index (κ3) is 3.05. The molecule has 0 spiro atoms. The van der Waals surface area contributed by atoms with Gasteiger partial charge in [-0.2, -0.15) is 0 Å². The maximum absolute atomic E-state index is 6.14. The van der Waals surface area contributed by atoms with Crippen LogP contribution in [-0.2, 0) is 4.74 Å². The molecule has 6 nitrogen and oxygen atoms in total. The topological polar surface area (TPSA) is 64.3 Å². The monoisotopic (exact) mass is 425 g/mol. The third-order valence-electron chi connectivity index (χ3n) is 5.39. The molecule has 5 rings (SSSR count). The van der Waals surface area contributed by atoms with Crippen molar-refractivity contribution in [2.45, 2.75) is 39.5 Å². The lowest BCUT2D eigenvalue weighted by atomic mass is 9.99. The van der Waals surface area contributed by atoms with Crippen LogP contribution >= 0.6 is 22.9 Å². The van der Waals surface area contributed by atoms with E-state index in [0.717, 1.165) is 33.5 Å². The minimum atomic E-state index is -0.196. The van der Waals surface area contributed by atoms with Crippen molar-refractivity contribution in [3.8, 4) is 5.00 Å². The molecule has 29 heavy (non-hydrogen) atoms. The van der Waals surface area contributed by atoms with E-state index in [4.69, 9.17) is 21.3 Å². The lowest BCUT2D eigenvalue weighted by Crippen LogP contribution is -2.24. The van der Waals surface area contributed by atoms with Crippen molar-refractivity contribution < 1.29 is 4.74 Å². The minimum absolute atomic E-state index is 0.139. The van der Waals surface area contributed by atoms with E-state index in [2.05, 4.69) is 33.9 Å². The van der Waals surface area contributed by atoms with Gasteiger partial charge in [-0.05, 0) is 38.5 Å². The summed E-state index contributed by atoms with van der Waals surface area (Å²) in [4.78, 5) is 6.48. The van der Waals surface area contributed by atoms with Crippen LogP contribution in [0.3, 0.4) is 0 Å². The molecule has 0 amide bonds. The molecule has 2 atom stereocenters. The third-order valence-corrected chi connectivity index (χ3v) is 6.83. The molecule has 0 saturated heterocycles. The number of thiophene rings is 1. The standard InChI is InChI=1S/C21H20ClN5OS/c1-11-12(2)29-21-18(11)19(14-4-6-15(22)7-5-14)24-16(10-17-23-8-9-28-17)20-26-25-13(3)27(20)21/h4-9,16-17,23H,10H2,1-3H3/t16-,17?/m0/s1. The predicted octanol–water partition coefficient (Wildman–Crippen LogP) is 4.61. The number of nitrogens with one attached hydrogen (secondary N) is 1. The van der Waals surface area contributed by atoms with Crippen LogP contribution in [-0.4, -0.2) is 26.7 Å². The summed E-state index contributed by atoms with van der Waals surface area (Å²) in [5, 5.41) is 13.9. The molecule has 2 aliphatic rings. The van der Waals surface area contributed by atoms with E-state index in [1.165, 1.54) is 10.4 Å². The summed E-state index contributed by atoms with van der Waals surface area (Å²) in [6, 6.07) is 7.67. The Morgan fingerprint density at radius 1 is 1.17 bits per heavy atom. The molecule has 0 fully saturated rings. The van der Waals surface area contributed by atoms with Gasteiger partial charge in [0.05, 0.1) is 5.71 Å². The van der Waals surface area contributed by atoms with Crippen LogP contribution in [0, 0.1) is 20.8 Å². The van der Waals surface area contributed by atoms with E-state index in [9.17, 15) is 0 Å². The van der Waals surface area contributed by atoms with Gasteiger partial charge in [-0.3, -0.25) is 9.56 Å². The number of halogens is 1. The number of fused-ring (bicyclic) bond motifs is 3. The Balaban J connectivity index is 1.73. The maximum atomic E-state index is 6.14. The number of rotatable bonds is 3. The van der Waals surface area contributed by atoms with E-state index < -0.39 is 0 Å². The summed E-state index contributed by atoms with van der Waals surface area (Å²) in [6.07, 6.45) is 3.99. The van der Waals surface area contributed by atoms with Gasteiger partial charge >= 0.3 is 0 Å². The van der Waals surface area contributed by atoms with Gasteiger partial charge in [0.1, 0.15) is 23.1 Å². The Morgan fingerprint density at radius 2 is 1.97 bits per heavy atom. The van der Waals surface area contributed by atoms with Gasteiger partial charge in [-0.25, -0.2) is 0 Å². The van der Waals surface area contributed by atoms with Crippen molar-refractivity contribution in [3.05, 3.63) is 75.0 Å². The van der Waals surface area contributed by atoms with Crippen molar-refractivity contribution in [2.24, 2.45) is 4.99 Å². The average molecular weight is 426 g/mol. The highest BCUT2D eigenvalue weighted by Gasteiger charge is 2.33. The molecule has 1 aromatic carbocycles. The smallest absolute Gasteiger partial charge is 0.171 e. The molecule has 4 heterocycles. The zero-order valence-electron chi connectivity index (χ0n) is 16.3. The Morgan fingerprint density at radius 3 is 2.69 bits per heavy atom. The van der Waals surface area contributed by atoms with Gasteiger partial charge in [-0.1, -0.05) is 23.7 Å². The quantitative estimate of drug-likeness (QED) is 0.665. The molecule has 2 aliphatic heterocycles. The number of benzene rings is 1. The second-order valence-corrected chi connectivity index (χ2v) is 8.87. The molecule has 8 heteroatoms. The number of nitrogens with zero attached hydrogens (tertiary/aromatic N) is 4. The molecule has 0 aliphatic carbocycles. The highest BCUT2D eigenvalue weighted by Crippen LogP contribution is 2.40. The second-order valence-electron chi connectivity index (χ2n) is 7.23. The highest BCUT2D eigenvalue weighted by molar-refractivity contribution is 7.15. The van der Waals surface area contributed by atoms with E-state index in [1.807, 2.05) is 37.4 Å². The SMILES string of the molecule is Cc1sc2c(c1C)C(c1ccc(Cl)cc1)=N[C@@H](CC1NC=CO1)c1nnc(C)n1-2. The highest BCUT2D eigenvalue weighted by atomic mass is 35.5. The van der Waals surface area contributed by atoms with Crippen LogP contribution in [0.4, 0.5) is 0 Å². The number of aliphatic imine (C=N–C) groups is 1. The van der Waals surface area contributed by atoms with Crippen LogP contribution in [0.1, 0.15) is 45.7 Å². The number of ether oxygens (including phenoxy) is 1. The maximum Gasteiger partial charge on any atom is 0.171 e. The van der Waals surface area contributed by atoms with Crippen molar-refractivity contribution in [3.63, 3.8) is 0 Å². The first-order chi connectivity index (χ1) is 14.0. The minimum Gasteiger partial charge on any atom is -0.477 e. The molecular formula is C21H20ClN5OS. The average Bonchev–Trinajstić information content (AvgIpc) is 3.39. The fraction of sp³-hybridized carbons (Fsp3) is 0.286.